The molecule has 0 radical (unpaired) electrons. The Balaban J connectivity index is 1.76. The third-order valence-electron chi connectivity index (χ3n) is 3.41. The molecule has 2 unspecified atom stereocenters. The second-order valence-corrected chi connectivity index (χ2v) is 6.71. The van der Waals surface area contributed by atoms with Crippen LogP contribution in [0.1, 0.15) is 19.8 Å². The van der Waals surface area contributed by atoms with Gasteiger partial charge in [0.25, 0.3) is 0 Å². The molecule has 1 aliphatic heterocycles. The highest BCUT2D eigenvalue weighted by Gasteiger charge is 2.14. The zero-order valence-electron chi connectivity index (χ0n) is 13.1. The van der Waals surface area contributed by atoms with Crippen molar-refractivity contribution in [1.29, 1.82) is 0 Å². The van der Waals surface area contributed by atoms with Gasteiger partial charge in [-0.3, -0.25) is 9.20 Å². The van der Waals surface area contributed by atoms with Crippen molar-refractivity contribution in [2.24, 2.45) is 4.99 Å². The zero-order valence-corrected chi connectivity index (χ0v) is 13.9. The van der Waals surface area contributed by atoms with Gasteiger partial charge in [-0.25, -0.2) is 0 Å². The Bertz CT molecular complexity index is 487. The van der Waals surface area contributed by atoms with Crippen molar-refractivity contribution < 1.29 is 8.95 Å². The zero-order chi connectivity index (χ0) is 15.6. The van der Waals surface area contributed by atoms with Crippen LogP contribution >= 0.6 is 0 Å². The summed E-state index contributed by atoms with van der Waals surface area (Å²) in [6.07, 6.45) is 2.45. The molecule has 1 aromatic rings. The minimum absolute atomic E-state index is 0.244. The van der Waals surface area contributed by atoms with Crippen molar-refractivity contribution in [3.8, 4) is 0 Å². The number of nitrogens with zero attached hydrogens (tertiary/aromatic N) is 1. The number of rotatable bonds is 7. The van der Waals surface area contributed by atoms with Crippen molar-refractivity contribution >= 4 is 16.8 Å². The summed E-state index contributed by atoms with van der Waals surface area (Å²) in [5.74, 6) is 1.33. The average Bonchev–Trinajstić information content (AvgIpc) is 3.06. The number of hydrogen-bond donors (Lipinski definition) is 2. The van der Waals surface area contributed by atoms with Gasteiger partial charge in [0.05, 0.1) is 23.4 Å². The maximum absolute atomic E-state index is 12.1. The van der Waals surface area contributed by atoms with E-state index in [0.29, 0.717) is 18.8 Å². The fourth-order valence-electron chi connectivity index (χ4n) is 2.28. The highest BCUT2D eigenvalue weighted by Crippen LogP contribution is 2.11. The van der Waals surface area contributed by atoms with Crippen LogP contribution < -0.4 is 10.6 Å². The van der Waals surface area contributed by atoms with Gasteiger partial charge in [-0.05, 0) is 31.9 Å². The second-order valence-electron chi connectivity index (χ2n) is 5.14. The molecular formula is C16H25N3O2S. The van der Waals surface area contributed by atoms with Gasteiger partial charge in [-0.2, -0.15) is 0 Å². The molecule has 0 amide bonds. The molecule has 1 saturated heterocycles. The SMILES string of the molecule is CCNC(=NCC1CCCO1)NCCS(=O)c1ccccc1. The van der Waals surface area contributed by atoms with E-state index in [1.54, 1.807) is 0 Å². The topological polar surface area (TPSA) is 62.7 Å². The van der Waals surface area contributed by atoms with Gasteiger partial charge >= 0.3 is 0 Å². The molecular weight excluding hydrogens is 298 g/mol. The first-order valence-corrected chi connectivity index (χ1v) is 9.18. The molecule has 122 valence electrons. The predicted molar refractivity (Wildman–Crippen MR) is 90.7 cm³/mol. The number of ether oxygens (including phenoxy) is 1. The van der Waals surface area contributed by atoms with Crippen molar-refractivity contribution in [2.45, 2.75) is 30.8 Å². The lowest BCUT2D eigenvalue weighted by Gasteiger charge is -2.12. The lowest BCUT2D eigenvalue weighted by molar-refractivity contribution is 0.117. The molecule has 2 rings (SSSR count). The molecule has 1 aromatic carbocycles. The van der Waals surface area contributed by atoms with Gasteiger partial charge in [-0.15, -0.1) is 0 Å². The Morgan fingerprint density at radius 3 is 2.86 bits per heavy atom. The van der Waals surface area contributed by atoms with Crippen LogP contribution in [-0.2, 0) is 15.5 Å². The Hall–Kier alpha value is -1.40. The van der Waals surface area contributed by atoms with Gasteiger partial charge in [0.1, 0.15) is 0 Å². The summed E-state index contributed by atoms with van der Waals surface area (Å²) in [6, 6.07) is 9.54. The van der Waals surface area contributed by atoms with Crippen molar-refractivity contribution in [1.82, 2.24) is 10.6 Å². The molecule has 2 atom stereocenters. The third kappa shape index (κ3) is 5.77. The summed E-state index contributed by atoms with van der Waals surface area (Å²) < 4.78 is 17.7. The summed E-state index contributed by atoms with van der Waals surface area (Å²) in [5, 5.41) is 6.44. The van der Waals surface area contributed by atoms with Gasteiger partial charge in [-0.1, -0.05) is 18.2 Å². The van der Waals surface area contributed by atoms with E-state index in [2.05, 4.69) is 15.6 Å². The molecule has 2 N–H and O–H groups in total. The van der Waals surface area contributed by atoms with E-state index in [9.17, 15) is 4.21 Å². The molecule has 0 aromatic heterocycles. The lowest BCUT2D eigenvalue weighted by atomic mass is 10.2. The predicted octanol–water partition coefficient (Wildman–Crippen LogP) is 1.53. The highest BCUT2D eigenvalue weighted by molar-refractivity contribution is 7.85. The Labute approximate surface area is 135 Å². The Morgan fingerprint density at radius 2 is 2.18 bits per heavy atom. The van der Waals surface area contributed by atoms with Crippen LogP contribution in [0.25, 0.3) is 0 Å². The maximum atomic E-state index is 12.1. The van der Waals surface area contributed by atoms with Crippen LogP contribution in [0.15, 0.2) is 40.2 Å². The summed E-state index contributed by atoms with van der Waals surface area (Å²) >= 11 is 0. The summed E-state index contributed by atoms with van der Waals surface area (Å²) in [5.41, 5.74) is 0. The largest absolute Gasteiger partial charge is 0.376 e. The number of benzene rings is 1. The van der Waals surface area contributed by atoms with Crippen LogP contribution in [0.5, 0.6) is 0 Å². The molecule has 0 bridgehead atoms. The fourth-order valence-corrected chi connectivity index (χ4v) is 3.26. The van der Waals surface area contributed by atoms with Crippen LogP contribution in [0.4, 0.5) is 0 Å². The number of guanidine groups is 1. The minimum atomic E-state index is -0.980. The summed E-state index contributed by atoms with van der Waals surface area (Å²) in [6.45, 7) is 4.99. The van der Waals surface area contributed by atoms with Crippen LogP contribution in [0.2, 0.25) is 0 Å². The molecule has 22 heavy (non-hydrogen) atoms. The van der Waals surface area contributed by atoms with Crippen LogP contribution in [-0.4, -0.2) is 48.3 Å². The fraction of sp³-hybridized carbons (Fsp3) is 0.562. The lowest BCUT2D eigenvalue weighted by Crippen LogP contribution is -2.39. The number of nitrogens with one attached hydrogen (secondary N) is 2. The Kier molecular flexibility index (Phi) is 7.39. The summed E-state index contributed by atoms with van der Waals surface area (Å²) in [7, 11) is -0.980. The third-order valence-corrected chi connectivity index (χ3v) is 4.78. The Morgan fingerprint density at radius 1 is 1.36 bits per heavy atom. The number of hydrogen-bond acceptors (Lipinski definition) is 3. The first kappa shape index (κ1) is 17.0. The molecule has 1 fully saturated rings. The van der Waals surface area contributed by atoms with Crippen molar-refractivity contribution in [2.75, 3.05) is 32.0 Å². The van der Waals surface area contributed by atoms with Gasteiger partial charge in [0, 0.05) is 30.3 Å². The van der Waals surface area contributed by atoms with E-state index in [1.807, 2.05) is 37.3 Å². The van der Waals surface area contributed by atoms with E-state index in [4.69, 9.17) is 4.74 Å². The molecule has 0 aliphatic carbocycles. The smallest absolute Gasteiger partial charge is 0.191 e. The van der Waals surface area contributed by atoms with Crippen LogP contribution in [0.3, 0.4) is 0 Å². The van der Waals surface area contributed by atoms with Crippen molar-refractivity contribution in [3.05, 3.63) is 30.3 Å². The van der Waals surface area contributed by atoms with Crippen molar-refractivity contribution in [3.63, 3.8) is 0 Å². The van der Waals surface area contributed by atoms with E-state index in [-0.39, 0.29) is 6.10 Å². The van der Waals surface area contributed by atoms with Gasteiger partial charge in [0.15, 0.2) is 5.96 Å². The molecule has 1 aliphatic rings. The molecule has 6 heteroatoms. The highest BCUT2D eigenvalue weighted by atomic mass is 32.2. The quantitative estimate of drug-likeness (QED) is 0.590. The second kappa shape index (κ2) is 9.58. The van der Waals surface area contributed by atoms with Crippen LogP contribution in [0, 0.1) is 0 Å². The molecule has 1 heterocycles. The van der Waals surface area contributed by atoms with E-state index >= 15 is 0 Å². The average molecular weight is 323 g/mol. The van der Waals surface area contributed by atoms with Gasteiger partial charge < -0.3 is 15.4 Å². The normalized spacial score (nSPS) is 19.9. The maximum Gasteiger partial charge on any atom is 0.191 e. The monoisotopic (exact) mass is 323 g/mol. The van der Waals surface area contributed by atoms with E-state index in [1.165, 1.54) is 0 Å². The summed E-state index contributed by atoms with van der Waals surface area (Å²) in [4.78, 5) is 5.40. The molecule has 0 spiro atoms. The van der Waals surface area contributed by atoms with E-state index in [0.717, 1.165) is 36.8 Å². The first-order valence-electron chi connectivity index (χ1n) is 7.87. The molecule has 5 nitrogen and oxygen atoms in total. The minimum Gasteiger partial charge on any atom is -0.376 e. The standard InChI is InChI=1S/C16H25N3O2S/c1-2-17-16(19-13-14-7-6-11-21-14)18-10-12-22(20)15-8-4-3-5-9-15/h3-5,8-9,14H,2,6-7,10-13H2,1H3,(H2,17,18,19). The van der Waals surface area contributed by atoms with Gasteiger partial charge in [0.2, 0.25) is 0 Å². The number of aliphatic imine (C=N–C) groups is 1. The van der Waals surface area contributed by atoms with E-state index < -0.39 is 10.8 Å². The first-order chi connectivity index (χ1) is 10.8. The molecule has 0 saturated carbocycles.